The van der Waals surface area contributed by atoms with Gasteiger partial charge in [0.25, 0.3) is 0 Å². The molecule has 1 saturated heterocycles. The molecule has 0 aliphatic carbocycles. The predicted molar refractivity (Wildman–Crippen MR) is 61.1 cm³/mol. The number of likely N-dealkylation sites (tertiary alicyclic amines) is 1. The Morgan fingerprint density at radius 1 is 1.29 bits per heavy atom. The van der Waals surface area contributed by atoms with Gasteiger partial charge in [0.1, 0.15) is 5.75 Å². The number of amides is 1. The summed E-state index contributed by atoms with van der Waals surface area (Å²) in [4.78, 5) is 12.0. The highest BCUT2D eigenvalue weighted by Crippen LogP contribution is 2.29. The molecule has 5 heteroatoms. The van der Waals surface area contributed by atoms with Crippen LogP contribution in [0.4, 0.5) is 4.79 Å². The molecular weight excluding hydrogens is 222 g/mol. The van der Waals surface area contributed by atoms with Crippen molar-refractivity contribution < 1.29 is 20.1 Å². The summed E-state index contributed by atoms with van der Waals surface area (Å²) in [6.07, 6.45) is -1.09. The normalized spacial score (nSPS) is 24.6. The number of β-amino-alcohol motifs (C(OH)–C–C–N with tert-alkyl or cyclic N) is 1. The Morgan fingerprint density at radius 2 is 1.94 bits per heavy atom. The number of hydrogen-bond acceptors (Lipinski definition) is 3. The fraction of sp³-hybridized carbons (Fsp3) is 0.417. The molecule has 5 nitrogen and oxygen atoms in total. The molecule has 2 unspecified atom stereocenters. The van der Waals surface area contributed by atoms with Crippen LogP contribution < -0.4 is 0 Å². The van der Waals surface area contributed by atoms with Gasteiger partial charge in [-0.3, -0.25) is 0 Å². The van der Waals surface area contributed by atoms with E-state index in [0.29, 0.717) is 13.0 Å². The van der Waals surface area contributed by atoms with Gasteiger partial charge in [0.15, 0.2) is 0 Å². The maximum Gasteiger partial charge on any atom is 0.407 e. The van der Waals surface area contributed by atoms with Crippen LogP contribution in [0.5, 0.6) is 5.75 Å². The summed E-state index contributed by atoms with van der Waals surface area (Å²) in [6, 6.07) is 6.68. The average Bonchev–Trinajstić information content (AvgIpc) is 2.30. The lowest BCUT2D eigenvalue weighted by atomic mass is 9.87. The van der Waals surface area contributed by atoms with Crippen molar-refractivity contribution in [1.29, 1.82) is 0 Å². The number of hydrogen-bond donors (Lipinski definition) is 3. The first-order valence-electron chi connectivity index (χ1n) is 5.53. The number of aliphatic hydroxyl groups excluding tert-OH is 1. The number of nitrogens with zero attached hydrogens (tertiary/aromatic N) is 1. The SMILES string of the molecule is O=C(O)N1CCC(c2ccc(O)cc2)C(O)C1. The number of phenolic OH excluding ortho intramolecular Hbond substituents is 1. The largest absolute Gasteiger partial charge is 0.508 e. The molecule has 1 aromatic carbocycles. The molecule has 0 spiro atoms. The van der Waals surface area contributed by atoms with Gasteiger partial charge in [-0.15, -0.1) is 0 Å². The second-order valence-corrected chi connectivity index (χ2v) is 4.28. The molecule has 0 radical (unpaired) electrons. The quantitative estimate of drug-likeness (QED) is 0.686. The van der Waals surface area contributed by atoms with E-state index in [9.17, 15) is 15.0 Å². The summed E-state index contributed by atoms with van der Waals surface area (Å²) in [6.45, 7) is 0.568. The Hall–Kier alpha value is -1.75. The third-order valence-electron chi connectivity index (χ3n) is 3.17. The molecule has 2 atom stereocenters. The standard InChI is InChI=1S/C12H15NO4/c14-9-3-1-8(2-4-9)10-5-6-13(12(16)17)7-11(10)15/h1-4,10-11,14-15H,5-7H2,(H,16,17). The number of carbonyl (C=O) groups is 1. The van der Waals surface area contributed by atoms with E-state index in [0.717, 1.165) is 5.56 Å². The first kappa shape index (κ1) is 11.7. The number of rotatable bonds is 1. The summed E-state index contributed by atoms with van der Waals surface area (Å²) >= 11 is 0. The molecule has 1 heterocycles. The van der Waals surface area contributed by atoms with Crippen LogP contribution in [0.25, 0.3) is 0 Å². The topological polar surface area (TPSA) is 81.0 Å². The van der Waals surface area contributed by atoms with Crippen LogP contribution >= 0.6 is 0 Å². The van der Waals surface area contributed by atoms with Crippen LogP contribution in [0.15, 0.2) is 24.3 Å². The van der Waals surface area contributed by atoms with Crippen molar-refractivity contribution in [1.82, 2.24) is 4.90 Å². The van der Waals surface area contributed by atoms with E-state index in [4.69, 9.17) is 5.11 Å². The first-order chi connectivity index (χ1) is 8.08. The molecule has 0 bridgehead atoms. The number of carboxylic acid groups (broad SMARTS) is 1. The summed E-state index contributed by atoms with van der Waals surface area (Å²) in [5.41, 5.74) is 0.931. The summed E-state index contributed by atoms with van der Waals surface area (Å²) in [5, 5.41) is 28.0. The van der Waals surface area contributed by atoms with Crippen molar-refractivity contribution in [3.05, 3.63) is 29.8 Å². The molecule has 1 aromatic rings. The number of aliphatic hydroxyl groups is 1. The van der Waals surface area contributed by atoms with Gasteiger partial charge in [0.2, 0.25) is 0 Å². The highest BCUT2D eigenvalue weighted by molar-refractivity contribution is 5.65. The minimum absolute atomic E-state index is 0.0637. The van der Waals surface area contributed by atoms with Crippen molar-refractivity contribution in [2.75, 3.05) is 13.1 Å². The maximum absolute atomic E-state index is 10.8. The fourth-order valence-electron chi connectivity index (χ4n) is 2.22. The molecule has 92 valence electrons. The third-order valence-corrected chi connectivity index (χ3v) is 3.17. The number of benzene rings is 1. The lowest BCUT2D eigenvalue weighted by Gasteiger charge is -2.34. The van der Waals surface area contributed by atoms with Crippen LogP contribution in [0.3, 0.4) is 0 Å². The van der Waals surface area contributed by atoms with Crippen molar-refractivity contribution in [2.24, 2.45) is 0 Å². The maximum atomic E-state index is 10.8. The van der Waals surface area contributed by atoms with E-state index in [1.54, 1.807) is 24.3 Å². The van der Waals surface area contributed by atoms with Crippen molar-refractivity contribution >= 4 is 6.09 Å². The van der Waals surface area contributed by atoms with Crippen LogP contribution in [0, 0.1) is 0 Å². The molecule has 0 saturated carbocycles. The second kappa shape index (κ2) is 4.63. The van der Waals surface area contributed by atoms with E-state index < -0.39 is 12.2 Å². The van der Waals surface area contributed by atoms with Gasteiger partial charge in [-0.1, -0.05) is 12.1 Å². The van der Waals surface area contributed by atoms with Crippen molar-refractivity contribution in [3.8, 4) is 5.75 Å². The molecule has 1 fully saturated rings. The fourth-order valence-corrected chi connectivity index (χ4v) is 2.22. The molecule has 3 N–H and O–H groups in total. The molecule has 1 aliphatic heterocycles. The monoisotopic (exact) mass is 237 g/mol. The Balaban J connectivity index is 2.09. The van der Waals surface area contributed by atoms with Gasteiger partial charge in [-0.25, -0.2) is 4.79 Å². The van der Waals surface area contributed by atoms with Gasteiger partial charge in [-0.05, 0) is 24.1 Å². The van der Waals surface area contributed by atoms with Gasteiger partial charge >= 0.3 is 6.09 Å². The third kappa shape index (κ3) is 2.50. The molecule has 0 aromatic heterocycles. The Morgan fingerprint density at radius 3 is 2.47 bits per heavy atom. The van der Waals surface area contributed by atoms with Gasteiger partial charge in [-0.2, -0.15) is 0 Å². The van der Waals surface area contributed by atoms with Crippen LogP contribution in [0.1, 0.15) is 17.9 Å². The van der Waals surface area contributed by atoms with Crippen LogP contribution in [-0.4, -0.2) is 45.5 Å². The summed E-state index contributed by atoms with van der Waals surface area (Å²) in [7, 11) is 0. The predicted octanol–water partition coefficient (Wildman–Crippen LogP) is 1.22. The number of phenols is 1. The van der Waals surface area contributed by atoms with Gasteiger partial charge in [0, 0.05) is 12.5 Å². The number of piperidine rings is 1. The minimum Gasteiger partial charge on any atom is -0.508 e. The molecule has 2 rings (SSSR count). The van der Waals surface area contributed by atoms with E-state index in [1.807, 2.05) is 0 Å². The van der Waals surface area contributed by atoms with E-state index in [1.165, 1.54) is 4.90 Å². The molecular formula is C12H15NO4. The summed E-state index contributed by atoms with van der Waals surface area (Å²) in [5.74, 6) is 0.123. The molecule has 17 heavy (non-hydrogen) atoms. The smallest absolute Gasteiger partial charge is 0.407 e. The zero-order valence-corrected chi connectivity index (χ0v) is 9.28. The Labute approximate surface area is 98.9 Å². The van der Waals surface area contributed by atoms with E-state index in [-0.39, 0.29) is 18.2 Å². The zero-order chi connectivity index (χ0) is 12.4. The van der Waals surface area contributed by atoms with Crippen molar-refractivity contribution in [2.45, 2.75) is 18.4 Å². The highest BCUT2D eigenvalue weighted by Gasteiger charge is 2.30. The zero-order valence-electron chi connectivity index (χ0n) is 9.28. The molecule has 1 aliphatic rings. The Bertz CT molecular complexity index is 403. The average molecular weight is 237 g/mol. The van der Waals surface area contributed by atoms with Crippen LogP contribution in [-0.2, 0) is 0 Å². The van der Waals surface area contributed by atoms with Crippen LogP contribution in [0.2, 0.25) is 0 Å². The van der Waals surface area contributed by atoms with E-state index in [2.05, 4.69) is 0 Å². The summed E-state index contributed by atoms with van der Waals surface area (Å²) < 4.78 is 0. The van der Waals surface area contributed by atoms with Gasteiger partial charge < -0.3 is 20.2 Å². The van der Waals surface area contributed by atoms with Crippen molar-refractivity contribution in [3.63, 3.8) is 0 Å². The Kier molecular flexibility index (Phi) is 3.19. The highest BCUT2D eigenvalue weighted by atomic mass is 16.4. The lowest BCUT2D eigenvalue weighted by Crippen LogP contribution is -2.45. The number of aromatic hydroxyl groups is 1. The second-order valence-electron chi connectivity index (χ2n) is 4.28. The molecule has 1 amide bonds. The van der Waals surface area contributed by atoms with Gasteiger partial charge in [0.05, 0.1) is 12.6 Å². The first-order valence-corrected chi connectivity index (χ1v) is 5.53. The minimum atomic E-state index is -0.992. The lowest BCUT2D eigenvalue weighted by molar-refractivity contribution is 0.0504. The van der Waals surface area contributed by atoms with E-state index >= 15 is 0 Å².